The van der Waals surface area contributed by atoms with Crippen LogP contribution in [0.1, 0.15) is 24.5 Å². The Morgan fingerprint density at radius 1 is 1.07 bits per heavy atom. The summed E-state index contributed by atoms with van der Waals surface area (Å²) in [7, 11) is 0. The second kappa shape index (κ2) is 9.91. The van der Waals surface area contributed by atoms with Gasteiger partial charge in [-0.2, -0.15) is 0 Å². The SMILES string of the molecule is CCN(C(=O)[C@@H]1CCN1C(=O)OCc1ccccc1)[C@@H](Cc1ccccc1)C(=O)O. The van der Waals surface area contributed by atoms with E-state index in [1.165, 1.54) is 9.80 Å². The van der Waals surface area contributed by atoms with Crippen LogP contribution in [-0.4, -0.2) is 58.0 Å². The van der Waals surface area contributed by atoms with Gasteiger partial charge in [-0.3, -0.25) is 9.69 Å². The van der Waals surface area contributed by atoms with Gasteiger partial charge < -0.3 is 14.7 Å². The highest BCUT2D eigenvalue weighted by atomic mass is 16.6. The van der Waals surface area contributed by atoms with E-state index >= 15 is 0 Å². The molecule has 2 atom stereocenters. The van der Waals surface area contributed by atoms with Gasteiger partial charge in [-0.05, 0) is 24.5 Å². The monoisotopic (exact) mass is 410 g/mol. The maximum atomic E-state index is 13.1. The van der Waals surface area contributed by atoms with Gasteiger partial charge in [-0.15, -0.1) is 0 Å². The predicted octanol–water partition coefficient (Wildman–Crippen LogP) is 2.94. The Morgan fingerprint density at radius 3 is 2.17 bits per heavy atom. The number of hydrogen-bond acceptors (Lipinski definition) is 4. The number of hydrogen-bond donors (Lipinski definition) is 1. The molecule has 1 N–H and O–H groups in total. The van der Waals surface area contributed by atoms with E-state index < -0.39 is 24.1 Å². The number of carbonyl (C=O) groups is 3. The first-order chi connectivity index (χ1) is 14.5. The number of carboxylic acids is 1. The summed E-state index contributed by atoms with van der Waals surface area (Å²) in [6, 6.07) is 16.8. The second-order valence-electron chi connectivity index (χ2n) is 7.21. The van der Waals surface area contributed by atoms with Gasteiger partial charge in [0.25, 0.3) is 0 Å². The van der Waals surface area contributed by atoms with E-state index in [0.717, 1.165) is 11.1 Å². The number of nitrogens with zero attached hydrogens (tertiary/aromatic N) is 2. The molecule has 0 unspecified atom stereocenters. The molecular formula is C23H26N2O5. The Labute approximate surface area is 175 Å². The summed E-state index contributed by atoms with van der Waals surface area (Å²) < 4.78 is 5.33. The first kappa shape index (κ1) is 21.4. The van der Waals surface area contributed by atoms with Crippen LogP contribution in [-0.2, 0) is 27.4 Å². The third-order valence-corrected chi connectivity index (χ3v) is 5.30. The van der Waals surface area contributed by atoms with Crippen molar-refractivity contribution < 1.29 is 24.2 Å². The summed E-state index contributed by atoms with van der Waals surface area (Å²) in [4.78, 5) is 40.2. The number of rotatable bonds is 8. The van der Waals surface area contributed by atoms with E-state index in [0.29, 0.717) is 13.0 Å². The first-order valence-corrected chi connectivity index (χ1v) is 10.1. The Hall–Kier alpha value is -3.35. The van der Waals surface area contributed by atoms with Gasteiger partial charge in [-0.25, -0.2) is 9.59 Å². The van der Waals surface area contributed by atoms with Gasteiger partial charge in [0.1, 0.15) is 18.7 Å². The first-order valence-electron chi connectivity index (χ1n) is 10.1. The van der Waals surface area contributed by atoms with Crippen molar-refractivity contribution in [2.24, 2.45) is 0 Å². The van der Waals surface area contributed by atoms with Crippen molar-refractivity contribution in [1.29, 1.82) is 0 Å². The van der Waals surface area contributed by atoms with Crippen molar-refractivity contribution in [2.75, 3.05) is 13.1 Å². The number of likely N-dealkylation sites (N-methyl/N-ethyl adjacent to an activating group) is 1. The molecule has 1 aliphatic heterocycles. The van der Waals surface area contributed by atoms with E-state index in [1.54, 1.807) is 6.92 Å². The van der Waals surface area contributed by atoms with Crippen molar-refractivity contribution in [1.82, 2.24) is 9.80 Å². The van der Waals surface area contributed by atoms with Crippen molar-refractivity contribution >= 4 is 18.0 Å². The van der Waals surface area contributed by atoms with Gasteiger partial charge >= 0.3 is 12.1 Å². The zero-order valence-electron chi connectivity index (χ0n) is 16.9. The third-order valence-electron chi connectivity index (χ3n) is 5.30. The van der Waals surface area contributed by atoms with E-state index in [2.05, 4.69) is 0 Å². The molecule has 1 fully saturated rings. The van der Waals surface area contributed by atoms with Crippen molar-refractivity contribution in [3.05, 3.63) is 71.8 Å². The fourth-order valence-corrected chi connectivity index (χ4v) is 3.55. The molecule has 0 radical (unpaired) electrons. The van der Waals surface area contributed by atoms with Crippen LogP contribution in [0.15, 0.2) is 60.7 Å². The molecule has 7 nitrogen and oxygen atoms in total. The summed E-state index contributed by atoms with van der Waals surface area (Å²) >= 11 is 0. The number of carboxylic acid groups (broad SMARTS) is 1. The Morgan fingerprint density at radius 2 is 1.67 bits per heavy atom. The summed E-state index contributed by atoms with van der Waals surface area (Å²) in [5, 5.41) is 9.74. The lowest BCUT2D eigenvalue weighted by atomic mass is 9.99. The quantitative estimate of drug-likeness (QED) is 0.723. The molecule has 2 amide bonds. The van der Waals surface area contributed by atoms with Gasteiger partial charge in [0.05, 0.1) is 0 Å². The normalized spacial score (nSPS) is 16.3. The number of aliphatic carboxylic acids is 1. The molecule has 0 aliphatic carbocycles. The lowest BCUT2D eigenvalue weighted by Gasteiger charge is -2.42. The Balaban J connectivity index is 1.64. The molecule has 0 aromatic heterocycles. The number of likely N-dealkylation sites (tertiary alicyclic amines) is 1. The highest BCUT2D eigenvalue weighted by Gasteiger charge is 2.43. The average molecular weight is 410 g/mol. The second-order valence-corrected chi connectivity index (χ2v) is 7.21. The summed E-state index contributed by atoms with van der Waals surface area (Å²) in [6.07, 6.45) is 0.142. The van der Waals surface area contributed by atoms with Crippen LogP contribution in [0.25, 0.3) is 0 Å². The van der Waals surface area contributed by atoms with Gasteiger partial charge in [0.2, 0.25) is 5.91 Å². The largest absolute Gasteiger partial charge is 0.480 e. The number of carbonyl (C=O) groups excluding carboxylic acids is 2. The average Bonchev–Trinajstić information content (AvgIpc) is 2.72. The molecule has 2 aromatic carbocycles. The number of benzene rings is 2. The lowest BCUT2D eigenvalue weighted by molar-refractivity contribution is -0.154. The minimum Gasteiger partial charge on any atom is -0.480 e. The maximum absolute atomic E-state index is 13.1. The van der Waals surface area contributed by atoms with Gasteiger partial charge in [-0.1, -0.05) is 60.7 Å². The van der Waals surface area contributed by atoms with Crippen LogP contribution >= 0.6 is 0 Å². The molecule has 1 aliphatic rings. The maximum Gasteiger partial charge on any atom is 0.410 e. The number of ether oxygens (including phenoxy) is 1. The van der Waals surface area contributed by atoms with Crippen LogP contribution in [0, 0.1) is 0 Å². The third kappa shape index (κ3) is 4.97. The fraction of sp³-hybridized carbons (Fsp3) is 0.348. The molecule has 2 aromatic rings. The standard InChI is InChI=1S/C23H26N2O5/c1-2-24(20(22(27)28)15-17-9-5-3-6-10-17)21(26)19-13-14-25(19)23(29)30-16-18-11-7-4-8-12-18/h3-12,19-20H,2,13-16H2,1H3,(H,27,28)/t19-,20-/m0/s1. The zero-order valence-corrected chi connectivity index (χ0v) is 16.9. The number of amides is 2. The molecule has 1 saturated heterocycles. The smallest absolute Gasteiger partial charge is 0.410 e. The molecule has 0 bridgehead atoms. The van der Waals surface area contributed by atoms with Gasteiger partial charge in [0.15, 0.2) is 0 Å². The summed E-state index contributed by atoms with van der Waals surface area (Å²) in [6.45, 7) is 2.53. The lowest BCUT2D eigenvalue weighted by Crippen LogP contribution is -2.61. The highest BCUT2D eigenvalue weighted by molar-refractivity contribution is 5.90. The molecule has 30 heavy (non-hydrogen) atoms. The van der Waals surface area contributed by atoms with E-state index in [4.69, 9.17) is 4.74 Å². The summed E-state index contributed by atoms with van der Waals surface area (Å²) in [5.74, 6) is -1.42. The fourth-order valence-electron chi connectivity index (χ4n) is 3.55. The molecule has 0 saturated carbocycles. The topological polar surface area (TPSA) is 87.2 Å². The minimum absolute atomic E-state index is 0.125. The molecule has 3 rings (SSSR count). The van der Waals surface area contributed by atoms with Crippen LogP contribution in [0.4, 0.5) is 4.79 Å². The van der Waals surface area contributed by atoms with Gasteiger partial charge in [0, 0.05) is 19.5 Å². The molecule has 1 heterocycles. The van der Waals surface area contributed by atoms with Crippen LogP contribution in [0.2, 0.25) is 0 Å². The highest BCUT2D eigenvalue weighted by Crippen LogP contribution is 2.23. The van der Waals surface area contributed by atoms with Crippen molar-refractivity contribution in [2.45, 2.75) is 38.5 Å². The van der Waals surface area contributed by atoms with E-state index in [1.807, 2.05) is 60.7 Å². The minimum atomic E-state index is -1.06. The van der Waals surface area contributed by atoms with Crippen molar-refractivity contribution in [3.63, 3.8) is 0 Å². The molecular weight excluding hydrogens is 384 g/mol. The molecule has 158 valence electrons. The molecule has 0 spiro atoms. The summed E-state index contributed by atoms with van der Waals surface area (Å²) in [5.41, 5.74) is 1.70. The molecule has 7 heteroatoms. The van der Waals surface area contributed by atoms with E-state index in [-0.39, 0.29) is 25.5 Å². The Kier molecular flexibility index (Phi) is 7.06. The zero-order chi connectivity index (χ0) is 21.5. The van der Waals surface area contributed by atoms with Crippen LogP contribution in [0.3, 0.4) is 0 Å². The Bertz CT molecular complexity index is 872. The van der Waals surface area contributed by atoms with Crippen LogP contribution in [0.5, 0.6) is 0 Å². The van der Waals surface area contributed by atoms with Crippen LogP contribution < -0.4 is 0 Å². The predicted molar refractivity (Wildman–Crippen MR) is 111 cm³/mol. The van der Waals surface area contributed by atoms with E-state index in [9.17, 15) is 19.5 Å². The van der Waals surface area contributed by atoms with Crippen molar-refractivity contribution in [3.8, 4) is 0 Å².